The number of phenols is 1. The average Bonchev–Trinajstić information content (AvgIpc) is 2.62. The third-order valence-electron chi connectivity index (χ3n) is 3.72. The molecule has 1 aromatic carbocycles. The summed E-state index contributed by atoms with van der Waals surface area (Å²) in [5.74, 6) is 0.342. The first-order valence-electron chi connectivity index (χ1n) is 5.97. The molecule has 1 aliphatic heterocycles. The van der Waals surface area contributed by atoms with Gasteiger partial charge in [0.2, 0.25) is 8.32 Å². The first kappa shape index (κ1) is 12.4. The highest BCUT2D eigenvalue weighted by molar-refractivity contribution is 6.82. The molecule has 0 amide bonds. The molecule has 92 valence electrons. The van der Waals surface area contributed by atoms with Gasteiger partial charge in [0.25, 0.3) is 0 Å². The van der Waals surface area contributed by atoms with E-state index in [0.29, 0.717) is 12.4 Å². The summed E-state index contributed by atoms with van der Waals surface area (Å²) in [6.45, 7) is 9.54. The van der Waals surface area contributed by atoms with Gasteiger partial charge in [-0.25, -0.2) is 0 Å². The fourth-order valence-electron chi connectivity index (χ4n) is 1.98. The lowest BCUT2D eigenvalue weighted by Crippen LogP contribution is -2.39. The molecule has 0 radical (unpaired) electrons. The number of rotatable bonds is 1. The Morgan fingerprint density at radius 2 is 1.88 bits per heavy atom. The quantitative estimate of drug-likeness (QED) is 0.768. The fraction of sp³-hybridized carbons (Fsp3) is 0.429. The predicted molar refractivity (Wildman–Crippen MR) is 73.4 cm³/mol. The molecule has 1 aliphatic rings. The van der Waals surface area contributed by atoms with Gasteiger partial charge in [-0.1, -0.05) is 44.7 Å². The first-order chi connectivity index (χ1) is 7.83. The van der Waals surface area contributed by atoms with Crippen molar-refractivity contribution in [2.45, 2.75) is 32.4 Å². The van der Waals surface area contributed by atoms with Crippen LogP contribution >= 0.6 is 0 Å². The van der Waals surface area contributed by atoms with Gasteiger partial charge in [-0.05, 0) is 23.2 Å². The van der Waals surface area contributed by atoms with Gasteiger partial charge in [0.1, 0.15) is 5.75 Å². The molecular weight excluding hydrogens is 228 g/mol. The minimum absolute atomic E-state index is 0.180. The van der Waals surface area contributed by atoms with Crippen molar-refractivity contribution in [1.82, 2.24) is 0 Å². The van der Waals surface area contributed by atoms with E-state index in [1.807, 2.05) is 18.2 Å². The summed E-state index contributed by atoms with van der Waals surface area (Å²) in [6, 6.07) is 7.47. The number of hydrogen-bond acceptors (Lipinski definition) is 2. The summed E-state index contributed by atoms with van der Waals surface area (Å²) in [4.78, 5) is 0. The molecule has 3 heteroatoms. The fourth-order valence-corrected chi connectivity index (χ4v) is 4.29. The molecule has 1 atom stereocenters. The van der Waals surface area contributed by atoms with Crippen molar-refractivity contribution in [2.75, 3.05) is 6.61 Å². The maximum atomic E-state index is 9.86. The highest BCUT2D eigenvalue weighted by atomic mass is 28.4. The summed E-state index contributed by atoms with van der Waals surface area (Å²) in [5, 5.41) is 10.0. The number of para-hydroxylation sites is 1. The van der Waals surface area contributed by atoms with Crippen LogP contribution in [-0.2, 0) is 4.43 Å². The normalized spacial score (nSPS) is 24.8. The van der Waals surface area contributed by atoms with E-state index in [9.17, 15) is 5.11 Å². The van der Waals surface area contributed by atoms with E-state index in [1.165, 1.54) is 0 Å². The van der Waals surface area contributed by atoms with Crippen molar-refractivity contribution in [3.05, 3.63) is 35.5 Å². The third-order valence-corrected chi connectivity index (χ3v) is 8.34. The second-order valence-electron chi connectivity index (χ2n) is 5.83. The van der Waals surface area contributed by atoms with Crippen molar-refractivity contribution in [3.63, 3.8) is 0 Å². The van der Waals surface area contributed by atoms with E-state index >= 15 is 0 Å². The number of hydrogen-bond donors (Lipinski definition) is 1. The van der Waals surface area contributed by atoms with Gasteiger partial charge < -0.3 is 9.53 Å². The zero-order valence-electron chi connectivity index (χ0n) is 10.9. The second-order valence-corrected chi connectivity index (χ2v) is 10.1. The monoisotopic (exact) mass is 248 g/mol. The smallest absolute Gasteiger partial charge is 0.220 e. The molecule has 0 bridgehead atoms. The molecule has 0 aromatic heterocycles. The van der Waals surface area contributed by atoms with E-state index in [4.69, 9.17) is 4.43 Å². The van der Waals surface area contributed by atoms with Crippen LogP contribution in [0.25, 0.3) is 5.57 Å². The van der Waals surface area contributed by atoms with Crippen LogP contribution in [0.1, 0.15) is 26.3 Å². The minimum Gasteiger partial charge on any atom is -0.507 e. The highest BCUT2D eigenvalue weighted by Crippen LogP contribution is 2.43. The van der Waals surface area contributed by atoms with Crippen LogP contribution in [0.4, 0.5) is 0 Å². The van der Waals surface area contributed by atoms with E-state index < -0.39 is 8.32 Å². The second kappa shape index (κ2) is 4.00. The molecule has 1 heterocycles. The molecule has 0 saturated heterocycles. The summed E-state index contributed by atoms with van der Waals surface area (Å²) >= 11 is 0. The Bertz CT molecular complexity index is 460. The summed E-state index contributed by atoms with van der Waals surface area (Å²) in [5.41, 5.74) is 4.32. The summed E-state index contributed by atoms with van der Waals surface area (Å²) < 4.78 is 6.06. The molecule has 2 rings (SSSR count). The molecule has 2 nitrogen and oxygen atoms in total. The van der Waals surface area contributed by atoms with Crippen LogP contribution in [0.3, 0.4) is 0 Å². The molecule has 1 N–H and O–H groups in total. The lowest BCUT2D eigenvalue weighted by molar-refractivity contribution is 0.350. The standard InChI is InChI=1S/C14H20O2Si/c1-14(2,3)17(4)10-11(9-16-17)12-7-5-6-8-13(12)15/h5-8,10,15H,9H2,1-4H3. The maximum Gasteiger partial charge on any atom is 0.220 e. The van der Waals surface area contributed by atoms with Crippen LogP contribution in [0.5, 0.6) is 5.75 Å². The Hall–Kier alpha value is -1.06. The minimum atomic E-state index is -1.83. The van der Waals surface area contributed by atoms with Crippen molar-refractivity contribution in [2.24, 2.45) is 0 Å². The van der Waals surface area contributed by atoms with Gasteiger partial charge in [0.05, 0.1) is 6.61 Å². The van der Waals surface area contributed by atoms with E-state index in [2.05, 4.69) is 33.0 Å². The molecular formula is C14H20O2Si. The van der Waals surface area contributed by atoms with Crippen molar-refractivity contribution >= 4 is 13.9 Å². The first-order valence-corrected chi connectivity index (χ1v) is 8.46. The van der Waals surface area contributed by atoms with Crippen molar-refractivity contribution < 1.29 is 9.53 Å². The zero-order chi connectivity index (χ0) is 12.7. The Balaban J connectivity index is 2.39. The molecule has 0 aliphatic carbocycles. The Labute approximate surface area is 104 Å². The van der Waals surface area contributed by atoms with Gasteiger partial charge in [-0.3, -0.25) is 0 Å². The Morgan fingerprint density at radius 1 is 1.24 bits per heavy atom. The predicted octanol–water partition coefficient (Wildman–Crippen LogP) is 3.72. The molecule has 0 saturated carbocycles. The zero-order valence-corrected chi connectivity index (χ0v) is 11.9. The van der Waals surface area contributed by atoms with Gasteiger partial charge in [-0.2, -0.15) is 0 Å². The van der Waals surface area contributed by atoms with Crippen LogP contribution < -0.4 is 0 Å². The van der Waals surface area contributed by atoms with Gasteiger partial charge >= 0.3 is 0 Å². The largest absolute Gasteiger partial charge is 0.507 e. The average molecular weight is 248 g/mol. The maximum absolute atomic E-state index is 9.86. The molecule has 1 aromatic rings. The van der Waals surface area contributed by atoms with E-state index in [0.717, 1.165) is 11.1 Å². The summed E-state index contributed by atoms with van der Waals surface area (Å²) in [6.07, 6.45) is 0. The Kier molecular flexibility index (Phi) is 2.92. The van der Waals surface area contributed by atoms with Crippen LogP contribution in [0.15, 0.2) is 30.0 Å². The van der Waals surface area contributed by atoms with E-state index in [-0.39, 0.29) is 5.04 Å². The highest BCUT2D eigenvalue weighted by Gasteiger charge is 2.44. The van der Waals surface area contributed by atoms with Crippen molar-refractivity contribution in [3.8, 4) is 5.75 Å². The summed E-state index contributed by atoms with van der Waals surface area (Å²) in [7, 11) is -1.83. The molecule has 1 unspecified atom stereocenters. The number of benzene rings is 1. The van der Waals surface area contributed by atoms with Gasteiger partial charge in [0.15, 0.2) is 0 Å². The number of aromatic hydroxyl groups is 1. The SMILES string of the molecule is CC(C)(C)[Si]1(C)C=C(c2ccccc2O)CO1. The lowest BCUT2D eigenvalue weighted by atomic mass is 10.1. The topological polar surface area (TPSA) is 29.5 Å². The molecule has 17 heavy (non-hydrogen) atoms. The third kappa shape index (κ3) is 2.17. The lowest BCUT2D eigenvalue weighted by Gasteiger charge is -2.33. The Morgan fingerprint density at radius 3 is 2.41 bits per heavy atom. The molecule has 0 fully saturated rings. The van der Waals surface area contributed by atoms with Crippen LogP contribution in [0.2, 0.25) is 11.6 Å². The van der Waals surface area contributed by atoms with Crippen molar-refractivity contribution in [1.29, 1.82) is 0 Å². The molecule has 0 spiro atoms. The van der Waals surface area contributed by atoms with Crippen LogP contribution in [-0.4, -0.2) is 20.0 Å². The van der Waals surface area contributed by atoms with E-state index in [1.54, 1.807) is 6.07 Å². The van der Waals surface area contributed by atoms with Crippen LogP contribution in [0, 0.1) is 0 Å². The van der Waals surface area contributed by atoms with Gasteiger partial charge in [-0.15, -0.1) is 0 Å². The number of phenolic OH excluding ortho intramolecular Hbond substituents is 1. The van der Waals surface area contributed by atoms with Gasteiger partial charge in [0, 0.05) is 5.56 Å².